The molecule has 1 saturated heterocycles. The van der Waals surface area contributed by atoms with Gasteiger partial charge in [-0.3, -0.25) is 4.79 Å². The minimum atomic E-state index is -0.0764. The van der Waals surface area contributed by atoms with Crippen molar-refractivity contribution >= 4 is 17.2 Å². The average molecular weight is 292 g/mol. The van der Waals surface area contributed by atoms with Gasteiger partial charge in [-0.2, -0.15) is 4.98 Å². The van der Waals surface area contributed by atoms with E-state index < -0.39 is 0 Å². The molecule has 1 atom stereocenters. The maximum absolute atomic E-state index is 11.8. The van der Waals surface area contributed by atoms with Crippen LogP contribution in [0.2, 0.25) is 0 Å². The monoisotopic (exact) mass is 292 g/mol. The Morgan fingerprint density at radius 3 is 3.30 bits per heavy atom. The molecule has 1 amide bonds. The summed E-state index contributed by atoms with van der Waals surface area (Å²) in [6.07, 6.45) is 2.58. The molecule has 106 valence electrons. The van der Waals surface area contributed by atoms with Gasteiger partial charge in [-0.25, -0.2) is 0 Å². The van der Waals surface area contributed by atoms with Gasteiger partial charge >= 0.3 is 0 Å². The number of nitrogens with one attached hydrogen (secondary N) is 2. The van der Waals surface area contributed by atoms with Gasteiger partial charge < -0.3 is 15.2 Å². The van der Waals surface area contributed by atoms with Gasteiger partial charge in [-0.15, -0.1) is 11.3 Å². The van der Waals surface area contributed by atoms with Crippen LogP contribution in [0.1, 0.15) is 29.4 Å². The molecular formula is C13H16N4O2S. The highest BCUT2D eigenvalue weighted by molar-refractivity contribution is 7.09. The fourth-order valence-electron chi connectivity index (χ4n) is 2.19. The van der Waals surface area contributed by atoms with Crippen LogP contribution < -0.4 is 10.6 Å². The summed E-state index contributed by atoms with van der Waals surface area (Å²) in [4.78, 5) is 17.3. The number of carbonyl (C=O) groups is 1. The zero-order valence-electron chi connectivity index (χ0n) is 11.0. The van der Waals surface area contributed by atoms with E-state index in [0.717, 1.165) is 19.4 Å². The molecule has 0 aliphatic carbocycles. The van der Waals surface area contributed by atoms with Gasteiger partial charge in [0.15, 0.2) is 5.82 Å². The Morgan fingerprint density at radius 2 is 2.55 bits per heavy atom. The highest BCUT2D eigenvalue weighted by Gasteiger charge is 2.21. The van der Waals surface area contributed by atoms with Crippen LogP contribution in [0.3, 0.4) is 0 Å². The molecule has 0 spiro atoms. The zero-order valence-corrected chi connectivity index (χ0v) is 11.8. The maximum atomic E-state index is 11.8. The second kappa shape index (κ2) is 6.15. The van der Waals surface area contributed by atoms with Crippen LogP contribution in [-0.2, 0) is 17.8 Å². The van der Waals surface area contributed by atoms with Crippen molar-refractivity contribution in [2.75, 3.05) is 6.54 Å². The predicted octanol–water partition coefficient (Wildman–Crippen LogP) is 1.09. The lowest BCUT2D eigenvalue weighted by Gasteiger charge is -2.08. The quantitative estimate of drug-likeness (QED) is 0.862. The van der Waals surface area contributed by atoms with E-state index in [2.05, 4.69) is 20.8 Å². The average Bonchev–Trinajstić information content (AvgIpc) is 3.19. The molecule has 0 unspecified atom stereocenters. The fourth-order valence-corrected chi connectivity index (χ4v) is 2.89. The molecule has 1 aliphatic rings. The third kappa shape index (κ3) is 3.23. The molecule has 1 aliphatic heterocycles. The molecule has 20 heavy (non-hydrogen) atoms. The summed E-state index contributed by atoms with van der Waals surface area (Å²) in [6.45, 7) is 1.22. The van der Waals surface area contributed by atoms with Crippen LogP contribution in [0.4, 0.5) is 0 Å². The summed E-state index contributed by atoms with van der Waals surface area (Å²) in [7, 11) is 0. The molecule has 0 bridgehead atoms. The molecule has 3 rings (SSSR count). The number of thiophene rings is 1. The van der Waals surface area contributed by atoms with Crippen LogP contribution in [0, 0.1) is 0 Å². The first kappa shape index (κ1) is 13.3. The topological polar surface area (TPSA) is 80.1 Å². The van der Waals surface area contributed by atoms with E-state index in [1.54, 1.807) is 11.3 Å². The van der Waals surface area contributed by atoms with Gasteiger partial charge in [0.05, 0.1) is 19.0 Å². The Hall–Kier alpha value is -1.73. The van der Waals surface area contributed by atoms with Crippen molar-refractivity contribution in [1.29, 1.82) is 0 Å². The Kier molecular flexibility index (Phi) is 4.08. The van der Waals surface area contributed by atoms with Gasteiger partial charge in [-0.05, 0) is 30.8 Å². The first-order valence-corrected chi connectivity index (χ1v) is 7.54. The SMILES string of the molecule is O=C(NCc1noc(Cc2cccs2)n1)[C@H]1CCCN1. The number of nitrogens with zero attached hydrogens (tertiary/aromatic N) is 2. The second-order valence-corrected chi connectivity index (χ2v) is 5.76. The number of aromatic nitrogens is 2. The van der Waals surface area contributed by atoms with Gasteiger partial charge in [-0.1, -0.05) is 11.2 Å². The van der Waals surface area contributed by atoms with Crippen LogP contribution in [0.15, 0.2) is 22.0 Å². The first-order chi connectivity index (χ1) is 9.81. The minimum Gasteiger partial charge on any atom is -0.347 e. The van der Waals surface area contributed by atoms with E-state index in [4.69, 9.17) is 4.52 Å². The van der Waals surface area contributed by atoms with Crippen LogP contribution in [-0.4, -0.2) is 28.6 Å². The molecule has 3 heterocycles. The van der Waals surface area contributed by atoms with E-state index >= 15 is 0 Å². The molecule has 0 radical (unpaired) electrons. The lowest BCUT2D eigenvalue weighted by Crippen LogP contribution is -2.40. The summed E-state index contributed by atoms with van der Waals surface area (Å²) < 4.78 is 5.17. The van der Waals surface area contributed by atoms with Crippen LogP contribution >= 0.6 is 11.3 Å². The maximum Gasteiger partial charge on any atom is 0.237 e. The normalized spacial score (nSPS) is 18.3. The van der Waals surface area contributed by atoms with E-state index in [1.807, 2.05) is 17.5 Å². The number of carbonyl (C=O) groups excluding carboxylic acids is 1. The lowest BCUT2D eigenvalue weighted by molar-refractivity contribution is -0.123. The van der Waals surface area contributed by atoms with Crippen molar-refractivity contribution in [2.45, 2.75) is 31.8 Å². The Morgan fingerprint density at radius 1 is 1.60 bits per heavy atom. The van der Waals surface area contributed by atoms with Gasteiger partial charge in [0, 0.05) is 4.88 Å². The lowest BCUT2D eigenvalue weighted by atomic mass is 10.2. The predicted molar refractivity (Wildman–Crippen MR) is 74.3 cm³/mol. The number of hydrogen-bond acceptors (Lipinski definition) is 6. The van der Waals surface area contributed by atoms with Crippen molar-refractivity contribution in [3.05, 3.63) is 34.1 Å². The molecule has 2 aromatic rings. The zero-order chi connectivity index (χ0) is 13.8. The Labute approximate surface area is 120 Å². The molecule has 0 saturated carbocycles. The highest BCUT2D eigenvalue weighted by atomic mass is 32.1. The van der Waals surface area contributed by atoms with Crippen LogP contribution in [0.25, 0.3) is 0 Å². The van der Waals surface area contributed by atoms with Crippen molar-refractivity contribution in [3.8, 4) is 0 Å². The molecule has 6 nitrogen and oxygen atoms in total. The van der Waals surface area contributed by atoms with Gasteiger partial charge in [0.25, 0.3) is 0 Å². The standard InChI is InChI=1S/C13H16N4O2S/c18-13(10-4-1-5-14-10)15-8-11-16-12(19-17-11)7-9-3-2-6-20-9/h2-3,6,10,14H,1,4-5,7-8H2,(H,15,18)/t10-/m1/s1. The summed E-state index contributed by atoms with van der Waals surface area (Å²) in [5.74, 6) is 1.10. The van der Waals surface area contributed by atoms with Crippen molar-refractivity contribution in [1.82, 2.24) is 20.8 Å². The smallest absolute Gasteiger partial charge is 0.237 e. The Bertz CT molecular complexity index is 561. The highest BCUT2D eigenvalue weighted by Crippen LogP contribution is 2.13. The largest absolute Gasteiger partial charge is 0.347 e. The first-order valence-electron chi connectivity index (χ1n) is 6.66. The van der Waals surface area contributed by atoms with Gasteiger partial charge in [0.1, 0.15) is 0 Å². The molecule has 0 aromatic carbocycles. The van der Waals surface area contributed by atoms with Crippen LogP contribution in [0.5, 0.6) is 0 Å². The summed E-state index contributed by atoms with van der Waals surface area (Å²) in [5.41, 5.74) is 0. The second-order valence-electron chi connectivity index (χ2n) is 4.73. The molecule has 2 N–H and O–H groups in total. The van der Waals surface area contributed by atoms with E-state index in [-0.39, 0.29) is 11.9 Å². The van der Waals surface area contributed by atoms with E-state index in [1.165, 1.54) is 4.88 Å². The number of amides is 1. The Balaban J connectivity index is 1.50. The molecule has 2 aromatic heterocycles. The summed E-state index contributed by atoms with van der Waals surface area (Å²) in [5, 5.41) is 11.9. The van der Waals surface area contributed by atoms with Crippen molar-refractivity contribution in [2.24, 2.45) is 0 Å². The number of hydrogen-bond donors (Lipinski definition) is 2. The third-order valence-electron chi connectivity index (χ3n) is 3.21. The van der Waals surface area contributed by atoms with Crippen molar-refractivity contribution in [3.63, 3.8) is 0 Å². The summed E-state index contributed by atoms with van der Waals surface area (Å²) >= 11 is 1.66. The molecule has 1 fully saturated rings. The molecular weight excluding hydrogens is 276 g/mol. The van der Waals surface area contributed by atoms with Crippen molar-refractivity contribution < 1.29 is 9.32 Å². The minimum absolute atomic E-state index is 0.00658. The number of rotatable bonds is 5. The summed E-state index contributed by atoms with van der Waals surface area (Å²) in [6, 6.07) is 3.95. The van der Waals surface area contributed by atoms with Gasteiger partial charge in [0.2, 0.25) is 11.8 Å². The fraction of sp³-hybridized carbons (Fsp3) is 0.462. The van der Waals surface area contributed by atoms with E-state index in [9.17, 15) is 4.79 Å². The third-order valence-corrected chi connectivity index (χ3v) is 4.09. The molecule has 7 heteroatoms. The van der Waals surface area contributed by atoms with E-state index in [0.29, 0.717) is 24.7 Å².